The van der Waals surface area contributed by atoms with Crippen LogP contribution in [0.4, 0.5) is 0 Å². The number of hydrogen-bond acceptors (Lipinski definition) is 3. The standard InChI is InChI=1S/C7H16N2O/c1-5-2-6(4-10)3-7(8)9-5/h5-7,9-10H,2-4,8H2,1H3. The molecular formula is C7H16N2O. The molecule has 1 aliphatic heterocycles. The van der Waals surface area contributed by atoms with E-state index in [9.17, 15) is 0 Å². The Balaban J connectivity index is 2.35. The van der Waals surface area contributed by atoms with Crippen LogP contribution < -0.4 is 11.1 Å². The summed E-state index contributed by atoms with van der Waals surface area (Å²) in [6, 6.07) is 0.459. The van der Waals surface area contributed by atoms with Crippen LogP contribution >= 0.6 is 0 Å². The quantitative estimate of drug-likeness (QED) is 0.471. The molecule has 0 radical (unpaired) electrons. The zero-order valence-corrected chi connectivity index (χ0v) is 6.38. The third kappa shape index (κ3) is 1.94. The lowest BCUT2D eigenvalue weighted by atomic mass is 9.92. The summed E-state index contributed by atoms with van der Waals surface area (Å²) >= 11 is 0. The topological polar surface area (TPSA) is 58.3 Å². The van der Waals surface area contributed by atoms with E-state index in [0.717, 1.165) is 12.8 Å². The summed E-state index contributed by atoms with van der Waals surface area (Å²) in [4.78, 5) is 0. The maximum absolute atomic E-state index is 8.84. The first-order valence-corrected chi connectivity index (χ1v) is 3.85. The van der Waals surface area contributed by atoms with Crippen LogP contribution in [0.3, 0.4) is 0 Å². The van der Waals surface area contributed by atoms with Gasteiger partial charge in [0.25, 0.3) is 0 Å². The summed E-state index contributed by atoms with van der Waals surface area (Å²) in [5.41, 5.74) is 5.67. The molecule has 1 fully saturated rings. The van der Waals surface area contributed by atoms with Gasteiger partial charge in [0.2, 0.25) is 0 Å². The smallest absolute Gasteiger partial charge is 0.0551 e. The van der Waals surface area contributed by atoms with E-state index in [-0.39, 0.29) is 12.8 Å². The molecule has 0 spiro atoms. The third-order valence-electron chi connectivity index (χ3n) is 2.03. The van der Waals surface area contributed by atoms with Crippen molar-refractivity contribution >= 4 is 0 Å². The van der Waals surface area contributed by atoms with Crippen LogP contribution in [0, 0.1) is 5.92 Å². The number of rotatable bonds is 1. The zero-order chi connectivity index (χ0) is 7.56. The van der Waals surface area contributed by atoms with E-state index in [1.807, 2.05) is 0 Å². The highest BCUT2D eigenvalue weighted by Gasteiger charge is 2.22. The second kappa shape index (κ2) is 3.32. The Labute approximate surface area is 61.6 Å². The fraction of sp³-hybridized carbons (Fsp3) is 1.00. The van der Waals surface area contributed by atoms with E-state index in [1.54, 1.807) is 0 Å². The lowest BCUT2D eigenvalue weighted by Crippen LogP contribution is -2.49. The largest absolute Gasteiger partial charge is 0.396 e. The predicted molar refractivity (Wildman–Crippen MR) is 40.4 cm³/mol. The van der Waals surface area contributed by atoms with Crippen molar-refractivity contribution in [1.82, 2.24) is 5.32 Å². The average molecular weight is 144 g/mol. The van der Waals surface area contributed by atoms with E-state index in [0.29, 0.717) is 12.0 Å². The normalized spacial score (nSPS) is 41.7. The van der Waals surface area contributed by atoms with Crippen LogP contribution in [0.25, 0.3) is 0 Å². The van der Waals surface area contributed by atoms with E-state index < -0.39 is 0 Å². The molecule has 1 rings (SSSR count). The van der Waals surface area contributed by atoms with E-state index in [1.165, 1.54) is 0 Å². The van der Waals surface area contributed by atoms with Gasteiger partial charge in [-0.2, -0.15) is 0 Å². The average Bonchev–Trinajstić information content (AvgIpc) is 1.85. The molecule has 0 bridgehead atoms. The van der Waals surface area contributed by atoms with Crippen molar-refractivity contribution in [3.63, 3.8) is 0 Å². The van der Waals surface area contributed by atoms with Crippen molar-refractivity contribution in [3.8, 4) is 0 Å². The molecule has 3 atom stereocenters. The molecule has 60 valence electrons. The van der Waals surface area contributed by atoms with Gasteiger partial charge in [0.05, 0.1) is 6.17 Å². The van der Waals surface area contributed by atoms with Gasteiger partial charge in [-0.1, -0.05) is 0 Å². The van der Waals surface area contributed by atoms with E-state index in [2.05, 4.69) is 12.2 Å². The first-order valence-electron chi connectivity index (χ1n) is 3.85. The number of hydrogen-bond donors (Lipinski definition) is 3. The van der Waals surface area contributed by atoms with Crippen LogP contribution in [0.5, 0.6) is 0 Å². The SMILES string of the molecule is CC1CC(CO)CC(N)N1. The predicted octanol–water partition coefficient (Wildman–Crippen LogP) is -0.348. The highest BCUT2D eigenvalue weighted by atomic mass is 16.3. The van der Waals surface area contributed by atoms with Crippen molar-refractivity contribution < 1.29 is 5.11 Å². The van der Waals surface area contributed by atoms with Gasteiger partial charge >= 0.3 is 0 Å². The molecule has 10 heavy (non-hydrogen) atoms. The van der Waals surface area contributed by atoms with Gasteiger partial charge < -0.3 is 10.8 Å². The first kappa shape index (κ1) is 7.98. The van der Waals surface area contributed by atoms with Crippen LogP contribution in [0.2, 0.25) is 0 Å². The van der Waals surface area contributed by atoms with Crippen LogP contribution in [0.15, 0.2) is 0 Å². The molecule has 0 saturated carbocycles. The monoisotopic (exact) mass is 144 g/mol. The van der Waals surface area contributed by atoms with Crippen LogP contribution in [-0.2, 0) is 0 Å². The zero-order valence-electron chi connectivity index (χ0n) is 6.38. The second-order valence-corrected chi connectivity index (χ2v) is 3.19. The number of aliphatic hydroxyl groups is 1. The molecule has 3 unspecified atom stereocenters. The Bertz CT molecular complexity index is 97.8. The molecule has 1 aliphatic rings. The number of piperidine rings is 1. The summed E-state index contributed by atoms with van der Waals surface area (Å²) in [6.07, 6.45) is 2.03. The van der Waals surface area contributed by atoms with Crippen molar-refractivity contribution in [2.75, 3.05) is 6.61 Å². The van der Waals surface area contributed by atoms with Crippen LogP contribution in [-0.4, -0.2) is 23.9 Å². The fourth-order valence-electron chi connectivity index (χ4n) is 1.61. The summed E-state index contributed by atoms with van der Waals surface area (Å²) in [5, 5.41) is 12.1. The molecule has 0 aromatic carbocycles. The lowest BCUT2D eigenvalue weighted by molar-refractivity contribution is 0.157. The Morgan fingerprint density at radius 3 is 2.80 bits per heavy atom. The Morgan fingerprint density at radius 1 is 1.60 bits per heavy atom. The molecule has 3 heteroatoms. The molecule has 0 aliphatic carbocycles. The minimum Gasteiger partial charge on any atom is -0.396 e. The molecular weight excluding hydrogens is 128 g/mol. The van der Waals surface area contributed by atoms with Gasteiger partial charge in [0.1, 0.15) is 0 Å². The maximum Gasteiger partial charge on any atom is 0.0551 e. The summed E-state index contributed by atoms with van der Waals surface area (Å²) in [7, 11) is 0. The molecule has 1 saturated heterocycles. The van der Waals surface area contributed by atoms with Gasteiger partial charge in [-0.3, -0.25) is 5.32 Å². The summed E-state index contributed by atoms with van der Waals surface area (Å²) < 4.78 is 0. The van der Waals surface area contributed by atoms with Gasteiger partial charge in [0.15, 0.2) is 0 Å². The van der Waals surface area contributed by atoms with Crippen molar-refractivity contribution in [2.24, 2.45) is 11.7 Å². The number of nitrogens with one attached hydrogen (secondary N) is 1. The lowest BCUT2D eigenvalue weighted by Gasteiger charge is -2.31. The Hall–Kier alpha value is -0.120. The fourth-order valence-corrected chi connectivity index (χ4v) is 1.61. The Kier molecular flexibility index (Phi) is 2.65. The highest BCUT2D eigenvalue weighted by Crippen LogP contribution is 2.16. The van der Waals surface area contributed by atoms with E-state index >= 15 is 0 Å². The number of aliphatic hydroxyl groups excluding tert-OH is 1. The van der Waals surface area contributed by atoms with Gasteiger partial charge in [0, 0.05) is 12.6 Å². The Morgan fingerprint density at radius 2 is 2.30 bits per heavy atom. The van der Waals surface area contributed by atoms with Crippen molar-refractivity contribution in [1.29, 1.82) is 0 Å². The van der Waals surface area contributed by atoms with E-state index in [4.69, 9.17) is 10.8 Å². The second-order valence-electron chi connectivity index (χ2n) is 3.19. The molecule has 3 nitrogen and oxygen atoms in total. The molecule has 1 heterocycles. The van der Waals surface area contributed by atoms with Gasteiger partial charge in [-0.05, 0) is 25.7 Å². The minimum atomic E-state index is 0.0842. The third-order valence-corrected chi connectivity index (χ3v) is 2.03. The van der Waals surface area contributed by atoms with Gasteiger partial charge in [-0.15, -0.1) is 0 Å². The van der Waals surface area contributed by atoms with Crippen LogP contribution in [0.1, 0.15) is 19.8 Å². The van der Waals surface area contributed by atoms with Gasteiger partial charge in [-0.25, -0.2) is 0 Å². The molecule has 4 N–H and O–H groups in total. The van der Waals surface area contributed by atoms with Crippen molar-refractivity contribution in [2.45, 2.75) is 32.0 Å². The molecule has 0 aromatic rings. The number of nitrogens with two attached hydrogens (primary N) is 1. The maximum atomic E-state index is 8.84. The summed E-state index contributed by atoms with van der Waals surface area (Å²) in [6.45, 7) is 2.38. The molecule has 0 amide bonds. The highest BCUT2D eigenvalue weighted by molar-refractivity contribution is 4.79. The molecule has 0 aromatic heterocycles. The summed E-state index contributed by atoms with van der Waals surface area (Å²) in [5.74, 6) is 0.409. The first-order chi connectivity index (χ1) is 4.72. The van der Waals surface area contributed by atoms with Crippen molar-refractivity contribution in [3.05, 3.63) is 0 Å². The minimum absolute atomic E-state index is 0.0842.